The predicted octanol–water partition coefficient (Wildman–Crippen LogP) is 1.00. The highest BCUT2D eigenvalue weighted by Crippen LogP contribution is 2.25. The normalized spacial score (nSPS) is 20.4. The largest absolute Gasteiger partial charge is 0.309 e. The summed E-state index contributed by atoms with van der Waals surface area (Å²) in [5, 5.41) is 4.93. The average molecular weight is 325 g/mol. The van der Waals surface area contributed by atoms with E-state index in [-0.39, 0.29) is 17.4 Å². The Morgan fingerprint density at radius 2 is 2.24 bits per heavy atom. The zero-order valence-electron chi connectivity index (χ0n) is 11.6. The molecule has 1 aliphatic heterocycles. The maximum atomic E-state index is 12.1. The monoisotopic (exact) mass is 325 g/mol. The summed E-state index contributed by atoms with van der Waals surface area (Å²) in [6, 6.07) is -0.234. The molecule has 0 spiro atoms. The molecule has 8 heteroatoms. The van der Waals surface area contributed by atoms with Gasteiger partial charge in [0.2, 0.25) is 0 Å². The minimum atomic E-state index is -3.08. The summed E-state index contributed by atoms with van der Waals surface area (Å²) >= 11 is 1.50. The molecule has 0 aliphatic carbocycles. The summed E-state index contributed by atoms with van der Waals surface area (Å²) in [5.41, 5.74) is 0.821. The fraction of sp³-hybridized carbons (Fsp3) is 0.385. The van der Waals surface area contributed by atoms with Crippen LogP contribution in [0.5, 0.6) is 0 Å². The van der Waals surface area contributed by atoms with Crippen molar-refractivity contribution in [1.82, 2.24) is 15.3 Å². The summed E-state index contributed by atoms with van der Waals surface area (Å²) in [5.74, 6) is 0.572. The van der Waals surface area contributed by atoms with Crippen LogP contribution in [0.1, 0.15) is 16.3 Å². The molecule has 6 nitrogen and oxygen atoms in total. The van der Waals surface area contributed by atoms with Crippen molar-refractivity contribution in [3.8, 4) is 0 Å². The van der Waals surface area contributed by atoms with Gasteiger partial charge in [-0.25, -0.2) is 13.4 Å². The van der Waals surface area contributed by atoms with Gasteiger partial charge in [-0.3, -0.25) is 4.79 Å². The average Bonchev–Trinajstić information content (AvgIpc) is 2.88. The molecule has 1 aliphatic rings. The van der Waals surface area contributed by atoms with Crippen LogP contribution in [0.15, 0.2) is 16.3 Å². The molecule has 112 valence electrons. The summed E-state index contributed by atoms with van der Waals surface area (Å²) < 4.78 is 22.6. The molecule has 0 saturated heterocycles. The lowest BCUT2D eigenvalue weighted by Gasteiger charge is -2.08. The van der Waals surface area contributed by atoms with Gasteiger partial charge in [0.05, 0.1) is 17.7 Å². The standard InChI is InChI=1S/C13H15N3O3S2/c1-7-8(2)20-13-11(7)12(17)15-10(16-13)5-14-9-3-4-21(18,19)6-9/h3-4,9,14H,5-6H2,1-2H3,(H,15,16,17). The number of nitrogens with zero attached hydrogens (tertiary/aromatic N) is 1. The van der Waals surface area contributed by atoms with Crippen LogP contribution < -0.4 is 10.9 Å². The summed E-state index contributed by atoms with van der Waals surface area (Å²) in [4.78, 5) is 21.1. The Kier molecular flexibility index (Phi) is 3.46. The third-order valence-corrected chi connectivity index (χ3v) is 6.05. The van der Waals surface area contributed by atoms with Crippen molar-refractivity contribution in [2.45, 2.75) is 26.4 Å². The zero-order chi connectivity index (χ0) is 15.2. The Morgan fingerprint density at radius 3 is 2.90 bits per heavy atom. The minimum absolute atomic E-state index is 0.0523. The van der Waals surface area contributed by atoms with Gasteiger partial charge in [-0.2, -0.15) is 0 Å². The Labute approximate surface area is 125 Å². The Balaban J connectivity index is 1.83. The van der Waals surface area contributed by atoms with E-state index in [1.54, 1.807) is 6.08 Å². The molecule has 0 bridgehead atoms. The van der Waals surface area contributed by atoms with Crippen molar-refractivity contribution in [2.24, 2.45) is 0 Å². The molecule has 0 radical (unpaired) electrons. The molecule has 0 saturated carbocycles. The Morgan fingerprint density at radius 1 is 1.48 bits per heavy atom. The number of aromatic nitrogens is 2. The SMILES string of the molecule is Cc1sc2nc(CNC3C=CS(=O)(=O)C3)[nH]c(=O)c2c1C. The second-order valence-corrected chi connectivity index (χ2v) is 8.26. The van der Waals surface area contributed by atoms with Crippen LogP contribution in [-0.2, 0) is 16.4 Å². The number of rotatable bonds is 3. The van der Waals surface area contributed by atoms with E-state index in [0.29, 0.717) is 17.8 Å². The van der Waals surface area contributed by atoms with E-state index in [2.05, 4.69) is 15.3 Å². The first-order valence-electron chi connectivity index (χ1n) is 6.49. The molecule has 0 fully saturated rings. The van der Waals surface area contributed by atoms with Crippen LogP contribution in [0.3, 0.4) is 0 Å². The highest BCUT2D eigenvalue weighted by molar-refractivity contribution is 7.94. The van der Waals surface area contributed by atoms with Crippen molar-refractivity contribution in [3.05, 3.63) is 38.1 Å². The number of hydrogen-bond donors (Lipinski definition) is 2. The number of thiophene rings is 1. The van der Waals surface area contributed by atoms with Gasteiger partial charge in [0.15, 0.2) is 9.84 Å². The molecule has 2 aromatic rings. The summed E-state index contributed by atoms with van der Waals surface area (Å²) in [7, 11) is -3.08. The van der Waals surface area contributed by atoms with Crippen molar-refractivity contribution in [3.63, 3.8) is 0 Å². The molecule has 3 rings (SSSR count). The minimum Gasteiger partial charge on any atom is -0.309 e. The highest BCUT2D eigenvalue weighted by Gasteiger charge is 2.21. The van der Waals surface area contributed by atoms with Gasteiger partial charge in [-0.15, -0.1) is 11.3 Å². The topological polar surface area (TPSA) is 91.9 Å². The highest BCUT2D eigenvalue weighted by atomic mass is 32.2. The molecular weight excluding hydrogens is 310 g/mol. The Hall–Kier alpha value is -1.51. The smallest absolute Gasteiger partial charge is 0.259 e. The fourth-order valence-electron chi connectivity index (χ4n) is 2.31. The van der Waals surface area contributed by atoms with Gasteiger partial charge in [0.25, 0.3) is 5.56 Å². The lowest BCUT2D eigenvalue weighted by atomic mass is 10.2. The van der Waals surface area contributed by atoms with Gasteiger partial charge in [-0.05, 0) is 19.4 Å². The van der Waals surface area contributed by atoms with Crippen LogP contribution in [0.25, 0.3) is 10.2 Å². The van der Waals surface area contributed by atoms with E-state index in [1.165, 1.54) is 16.7 Å². The van der Waals surface area contributed by atoms with Crippen LogP contribution >= 0.6 is 11.3 Å². The first-order valence-corrected chi connectivity index (χ1v) is 9.02. The van der Waals surface area contributed by atoms with Crippen molar-refractivity contribution in [1.29, 1.82) is 0 Å². The first-order chi connectivity index (χ1) is 9.85. The molecular formula is C13H15N3O3S2. The fourth-order valence-corrected chi connectivity index (χ4v) is 4.63. The van der Waals surface area contributed by atoms with Crippen LogP contribution in [-0.4, -0.2) is 30.2 Å². The van der Waals surface area contributed by atoms with E-state index >= 15 is 0 Å². The second-order valence-electron chi connectivity index (χ2n) is 5.12. The molecule has 21 heavy (non-hydrogen) atoms. The Bertz CT molecular complexity index is 893. The number of H-pyrrole nitrogens is 1. The number of hydrogen-bond acceptors (Lipinski definition) is 6. The third-order valence-electron chi connectivity index (χ3n) is 3.55. The second kappa shape index (κ2) is 5.04. The quantitative estimate of drug-likeness (QED) is 0.878. The number of aryl methyl sites for hydroxylation is 2. The lowest BCUT2D eigenvalue weighted by Crippen LogP contribution is -2.31. The molecule has 1 atom stereocenters. The number of fused-ring (bicyclic) bond motifs is 1. The van der Waals surface area contributed by atoms with E-state index in [1.807, 2.05) is 13.8 Å². The van der Waals surface area contributed by atoms with Gasteiger partial charge < -0.3 is 10.3 Å². The third kappa shape index (κ3) is 2.78. The van der Waals surface area contributed by atoms with E-state index in [9.17, 15) is 13.2 Å². The van der Waals surface area contributed by atoms with Crippen molar-refractivity contribution in [2.75, 3.05) is 5.75 Å². The van der Waals surface area contributed by atoms with Crippen LogP contribution in [0, 0.1) is 13.8 Å². The number of nitrogens with one attached hydrogen (secondary N) is 2. The van der Waals surface area contributed by atoms with E-state index < -0.39 is 9.84 Å². The molecule has 3 heterocycles. The summed E-state index contributed by atoms with van der Waals surface area (Å²) in [6.07, 6.45) is 1.62. The van der Waals surface area contributed by atoms with Gasteiger partial charge in [-0.1, -0.05) is 6.08 Å². The van der Waals surface area contributed by atoms with Crippen molar-refractivity contribution < 1.29 is 8.42 Å². The van der Waals surface area contributed by atoms with E-state index in [4.69, 9.17) is 0 Å². The maximum Gasteiger partial charge on any atom is 0.259 e. The first kappa shape index (κ1) is 14.4. The van der Waals surface area contributed by atoms with Crippen LogP contribution in [0.2, 0.25) is 0 Å². The van der Waals surface area contributed by atoms with Gasteiger partial charge in [0.1, 0.15) is 10.7 Å². The van der Waals surface area contributed by atoms with Gasteiger partial charge >= 0.3 is 0 Å². The molecule has 1 unspecified atom stereocenters. The predicted molar refractivity (Wildman–Crippen MR) is 83.3 cm³/mol. The molecule has 2 N–H and O–H groups in total. The zero-order valence-corrected chi connectivity index (χ0v) is 13.3. The molecule has 2 aromatic heterocycles. The molecule has 0 amide bonds. The van der Waals surface area contributed by atoms with Crippen LogP contribution in [0.4, 0.5) is 0 Å². The maximum absolute atomic E-state index is 12.1. The van der Waals surface area contributed by atoms with Crippen molar-refractivity contribution >= 4 is 31.4 Å². The van der Waals surface area contributed by atoms with Gasteiger partial charge in [0, 0.05) is 16.3 Å². The number of aromatic amines is 1. The number of sulfone groups is 1. The lowest BCUT2D eigenvalue weighted by molar-refractivity contribution is 0.585. The summed E-state index contributed by atoms with van der Waals surface area (Å²) in [6.45, 7) is 4.20. The van der Waals surface area contributed by atoms with E-state index in [0.717, 1.165) is 15.3 Å². The molecule has 0 aromatic carbocycles.